The number of hydrogen-bond donors (Lipinski definition) is 2. The van der Waals surface area contributed by atoms with Crippen LogP contribution in [0.1, 0.15) is 30.1 Å². The number of ether oxygens (including phenoxy) is 3. The summed E-state index contributed by atoms with van der Waals surface area (Å²) in [5.74, 6) is -2.22. The summed E-state index contributed by atoms with van der Waals surface area (Å²) in [6.45, 7) is 2.55. The fourth-order valence-corrected chi connectivity index (χ4v) is 4.60. The predicted octanol–water partition coefficient (Wildman–Crippen LogP) is 7.23. The van der Waals surface area contributed by atoms with Crippen LogP contribution in [0, 0.1) is 11.6 Å². The first-order chi connectivity index (χ1) is 19.1. The van der Waals surface area contributed by atoms with E-state index >= 15 is 0 Å². The highest BCUT2D eigenvalue weighted by molar-refractivity contribution is 7.92. The molecule has 208 valence electrons. The fraction of sp³-hybridized carbons (Fsp3) is 0.138. The zero-order chi connectivity index (χ0) is 28.7. The Hall–Kier alpha value is -4.64. The molecule has 4 rings (SSSR count). The number of rotatable bonds is 12. The minimum Gasteiger partial charge on any atom is -0.494 e. The first kappa shape index (κ1) is 28.4. The molecule has 4 aromatic rings. The van der Waals surface area contributed by atoms with Gasteiger partial charge in [0, 0.05) is 12.1 Å². The second-order valence-electron chi connectivity index (χ2n) is 8.55. The number of unbranched alkanes of at least 4 members (excludes halogenated alkanes) is 1. The van der Waals surface area contributed by atoms with E-state index in [-0.39, 0.29) is 39.1 Å². The number of carboxylic acids is 1. The van der Waals surface area contributed by atoms with Crippen LogP contribution in [0.4, 0.5) is 14.5 Å². The van der Waals surface area contributed by atoms with Crippen LogP contribution in [0.2, 0.25) is 0 Å². The summed E-state index contributed by atoms with van der Waals surface area (Å²) in [5.41, 5.74) is -0.492. The molecule has 0 spiro atoms. The smallest absolute Gasteiger partial charge is 0.337 e. The number of anilines is 1. The van der Waals surface area contributed by atoms with E-state index in [1.165, 1.54) is 54.6 Å². The van der Waals surface area contributed by atoms with E-state index in [1.807, 2.05) is 6.92 Å². The molecular formula is C29H25F2NO7S. The van der Waals surface area contributed by atoms with E-state index in [9.17, 15) is 27.1 Å². The second-order valence-corrected chi connectivity index (χ2v) is 10.2. The van der Waals surface area contributed by atoms with Crippen LogP contribution < -0.4 is 18.9 Å². The molecule has 0 unspecified atom stereocenters. The number of hydrogen-bond acceptors (Lipinski definition) is 6. The van der Waals surface area contributed by atoms with Crippen molar-refractivity contribution in [1.29, 1.82) is 0 Å². The van der Waals surface area contributed by atoms with E-state index in [0.717, 1.165) is 25.0 Å². The van der Waals surface area contributed by atoms with Gasteiger partial charge in [0.1, 0.15) is 28.7 Å². The Bertz CT molecular complexity index is 1610. The molecule has 0 heterocycles. The van der Waals surface area contributed by atoms with Gasteiger partial charge in [-0.2, -0.15) is 0 Å². The number of carboxylic acid groups (broad SMARTS) is 1. The molecule has 4 aromatic carbocycles. The minimum atomic E-state index is -4.10. The van der Waals surface area contributed by atoms with Crippen LogP contribution in [0.15, 0.2) is 89.8 Å². The predicted molar refractivity (Wildman–Crippen MR) is 144 cm³/mol. The van der Waals surface area contributed by atoms with Gasteiger partial charge in [-0.25, -0.2) is 22.0 Å². The standard InChI is InChI=1S/C29H25F2NO7S/c1-2-3-15-37-19-7-11-24(12-8-19)40(35,36)32-28-14-10-22(17-25(28)29(33)34)38-20-5-4-6-21(16-20)39-23-9-13-26(30)27(31)18-23/h4-14,16-18,32H,2-3,15H2,1H3,(H,33,34). The Morgan fingerprint density at radius 3 is 2.02 bits per heavy atom. The average Bonchev–Trinajstić information content (AvgIpc) is 2.92. The number of nitrogens with one attached hydrogen (secondary N) is 1. The zero-order valence-corrected chi connectivity index (χ0v) is 22.1. The van der Waals surface area contributed by atoms with Gasteiger partial charge < -0.3 is 19.3 Å². The van der Waals surface area contributed by atoms with Crippen molar-refractivity contribution in [2.24, 2.45) is 0 Å². The van der Waals surface area contributed by atoms with Crippen molar-refractivity contribution in [3.63, 3.8) is 0 Å². The first-order valence-electron chi connectivity index (χ1n) is 12.2. The van der Waals surface area contributed by atoms with Crippen LogP contribution in [0.25, 0.3) is 0 Å². The highest BCUT2D eigenvalue weighted by atomic mass is 32.2. The van der Waals surface area contributed by atoms with E-state index in [0.29, 0.717) is 12.4 Å². The van der Waals surface area contributed by atoms with Crippen LogP contribution in [-0.2, 0) is 10.0 Å². The lowest BCUT2D eigenvalue weighted by molar-refractivity contribution is 0.0697. The quantitative estimate of drug-likeness (QED) is 0.173. The van der Waals surface area contributed by atoms with Crippen molar-refractivity contribution in [3.8, 4) is 28.7 Å². The third-order valence-corrected chi connectivity index (χ3v) is 6.92. The minimum absolute atomic E-state index is 0.0649. The Balaban J connectivity index is 1.49. The summed E-state index contributed by atoms with van der Waals surface area (Å²) in [5, 5.41) is 9.73. The van der Waals surface area contributed by atoms with Crippen molar-refractivity contribution < 1.29 is 41.3 Å². The third kappa shape index (κ3) is 7.26. The number of sulfonamides is 1. The lowest BCUT2D eigenvalue weighted by atomic mass is 10.2. The van der Waals surface area contributed by atoms with Crippen LogP contribution in [0.5, 0.6) is 28.7 Å². The Labute approximate surface area is 229 Å². The van der Waals surface area contributed by atoms with Gasteiger partial charge in [-0.05, 0) is 73.2 Å². The molecule has 0 saturated carbocycles. The Kier molecular flexibility index (Phi) is 8.85. The maximum atomic E-state index is 13.5. The highest BCUT2D eigenvalue weighted by Gasteiger charge is 2.20. The van der Waals surface area contributed by atoms with E-state index in [2.05, 4.69) is 4.72 Å². The van der Waals surface area contributed by atoms with Gasteiger partial charge in [-0.3, -0.25) is 4.72 Å². The number of benzene rings is 4. The zero-order valence-electron chi connectivity index (χ0n) is 21.3. The summed E-state index contributed by atoms with van der Waals surface area (Å²) in [6.07, 6.45) is 1.84. The topological polar surface area (TPSA) is 111 Å². The molecule has 0 saturated heterocycles. The van der Waals surface area contributed by atoms with Crippen LogP contribution in [-0.4, -0.2) is 26.1 Å². The van der Waals surface area contributed by atoms with Crippen molar-refractivity contribution >= 4 is 21.7 Å². The van der Waals surface area contributed by atoms with E-state index < -0.39 is 27.6 Å². The number of halogens is 2. The van der Waals surface area contributed by atoms with Crippen molar-refractivity contribution in [3.05, 3.63) is 102 Å². The third-order valence-electron chi connectivity index (χ3n) is 5.53. The molecule has 11 heteroatoms. The second kappa shape index (κ2) is 12.5. The molecule has 0 atom stereocenters. The maximum absolute atomic E-state index is 13.5. The van der Waals surface area contributed by atoms with Gasteiger partial charge in [0.2, 0.25) is 0 Å². The molecule has 0 bridgehead atoms. The maximum Gasteiger partial charge on any atom is 0.337 e. The monoisotopic (exact) mass is 569 g/mol. The summed E-state index contributed by atoms with van der Waals surface area (Å²) in [7, 11) is -4.10. The lowest BCUT2D eigenvalue weighted by Gasteiger charge is -2.14. The highest BCUT2D eigenvalue weighted by Crippen LogP contribution is 2.31. The normalized spacial score (nSPS) is 11.1. The average molecular weight is 570 g/mol. The van der Waals surface area contributed by atoms with E-state index in [4.69, 9.17) is 14.2 Å². The van der Waals surface area contributed by atoms with Gasteiger partial charge in [-0.1, -0.05) is 19.4 Å². The molecule has 0 fully saturated rings. The van der Waals surface area contributed by atoms with Gasteiger partial charge in [-0.15, -0.1) is 0 Å². The first-order valence-corrected chi connectivity index (χ1v) is 13.7. The van der Waals surface area contributed by atoms with Gasteiger partial charge in [0.15, 0.2) is 11.6 Å². The molecular weight excluding hydrogens is 544 g/mol. The van der Waals surface area contributed by atoms with Crippen molar-refractivity contribution in [2.75, 3.05) is 11.3 Å². The molecule has 0 radical (unpaired) electrons. The molecule has 0 aromatic heterocycles. The lowest BCUT2D eigenvalue weighted by Crippen LogP contribution is -2.15. The molecule has 0 aliphatic carbocycles. The van der Waals surface area contributed by atoms with Gasteiger partial charge in [0.05, 0.1) is 22.8 Å². The Morgan fingerprint density at radius 2 is 1.40 bits per heavy atom. The van der Waals surface area contributed by atoms with Crippen molar-refractivity contribution in [2.45, 2.75) is 24.7 Å². The van der Waals surface area contributed by atoms with Gasteiger partial charge >= 0.3 is 5.97 Å². The number of carbonyl (C=O) groups is 1. The molecule has 0 amide bonds. The fourth-order valence-electron chi connectivity index (χ4n) is 3.52. The molecule has 0 aliphatic rings. The van der Waals surface area contributed by atoms with Crippen LogP contribution >= 0.6 is 0 Å². The molecule has 8 nitrogen and oxygen atoms in total. The molecule has 2 N–H and O–H groups in total. The molecule has 40 heavy (non-hydrogen) atoms. The molecule has 0 aliphatic heterocycles. The summed E-state index contributed by atoms with van der Waals surface area (Å²) in [6, 6.07) is 19.0. The largest absolute Gasteiger partial charge is 0.494 e. The SMILES string of the molecule is CCCCOc1ccc(S(=O)(=O)Nc2ccc(Oc3cccc(Oc4ccc(F)c(F)c4)c3)cc2C(=O)O)cc1. The van der Waals surface area contributed by atoms with Crippen molar-refractivity contribution in [1.82, 2.24) is 0 Å². The van der Waals surface area contributed by atoms with E-state index in [1.54, 1.807) is 18.2 Å². The summed E-state index contributed by atoms with van der Waals surface area (Å²) in [4.78, 5) is 11.9. The summed E-state index contributed by atoms with van der Waals surface area (Å²) >= 11 is 0. The Morgan fingerprint density at radius 1 is 0.800 bits per heavy atom. The summed E-state index contributed by atoms with van der Waals surface area (Å²) < 4.78 is 71.6. The number of aromatic carboxylic acids is 1. The van der Waals surface area contributed by atoms with Crippen LogP contribution in [0.3, 0.4) is 0 Å². The van der Waals surface area contributed by atoms with Gasteiger partial charge in [0.25, 0.3) is 10.0 Å².